The van der Waals surface area contributed by atoms with Crippen LogP contribution in [0, 0.1) is 0 Å². The Kier molecular flexibility index (Phi) is 5.93. The van der Waals surface area contributed by atoms with E-state index in [2.05, 4.69) is 36.7 Å². The number of hydrogen-bond acceptors (Lipinski definition) is 7. The van der Waals surface area contributed by atoms with Gasteiger partial charge in [0.1, 0.15) is 10.7 Å². The number of rotatable bonds is 5. The van der Waals surface area contributed by atoms with E-state index in [1.54, 1.807) is 0 Å². The van der Waals surface area contributed by atoms with Gasteiger partial charge in [-0.3, -0.25) is 4.79 Å². The summed E-state index contributed by atoms with van der Waals surface area (Å²) in [6, 6.07) is 4.07. The van der Waals surface area contributed by atoms with Crippen LogP contribution in [0.2, 0.25) is 0 Å². The van der Waals surface area contributed by atoms with Crippen LogP contribution in [-0.2, 0) is 13.0 Å². The molecule has 8 heteroatoms. The fourth-order valence-corrected chi connectivity index (χ4v) is 3.53. The monoisotopic (exact) mass is 360 g/mol. The van der Waals surface area contributed by atoms with Crippen molar-refractivity contribution in [1.82, 2.24) is 24.8 Å². The minimum atomic E-state index is -0.119. The minimum absolute atomic E-state index is 0.119. The fraction of sp³-hybridized carbons (Fsp3) is 0.529. The summed E-state index contributed by atoms with van der Waals surface area (Å²) < 4.78 is 3.85. The van der Waals surface area contributed by atoms with Gasteiger partial charge < -0.3 is 15.1 Å². The number of carbonyl (C=O) groups excluding carboxylic acids is 1. The summed E-state index contributed by atoms with van der Waals surface area (Å²) in [5.41, 5.74) is 1.74. The Morgan fingerprint density at radius 1 is 1.28 bits per heavy atom. The van der Waals surface area contributed by atoms with Crippen molar-refractivity contribution < 1.29 is 4.79 Å². The van der Waals surface area contributed by atoms with Gasteiger partial charge in [0.05, 0.1) is 5.69 Å². The van der Waals surface area contributed by atoms with Crippen LogP contribution in [0.5, 0.6) is 0 Å². The molecule has 1 aliphatic rings. The third kappa shape index (κ3) is 4.52. The molecule has 134 valence electrons. The molecule has 0 bridgehead atoms. The predicted octanol–water partition coefficient (Wildman–Crippen LogP) is 1.57. The summed E-state index contributed by atoms with van der Waals surface area (Å²) in [6.45, 7) is 6.64. The van der Waals surface area contributed by atoms with Crippen LogP contribution in [0.25, 0.3) is 0 Å². The van der Waals surface area contributed by atoms with Crippen LogP contribution >= 0.6 is 11.5 Å². The lowest BCUT2D eigenvalue weighted by Crippen LogP contribution is -2.29. The first kappa shape index (κ1) is 17.8. The number of anilines is 1. The van der Waals surface area contributed by atoms with Gasteiger partial charge in [-0.25, -0.2) is 4.98 Å². The van der Waals surface area contributed by atoms with Crippen molar-refractivity contribution in [2.24, 2.45) is 0 Å². The molecule has 0 atom stereocenters. The topological polar surface area (TPSA) is 74.2 Å². The highest BCUT2D eigenvalue weighted by atomic mass is 32.1. The first-order chi connectivity index (χ1) is 12.2. The van der Waals surface area contributed by atoms with Crippen LogP contribution in [-0.4, -0.2) is 58.6 Å². The van der Waals surface area contributed by atoms with Crippen molar-refractivity contribution in [3.05, 3.63) is 34.5 Å². The van der Waals surface area contributed by atoms with Gasteiger partial charge in [0.25, 0.3) is 5.91 Å². The standard InChI is InChI=1S/C17H24N6OS/c1-3-14-16(25-21-20-14)17(24)19-12-13-5-6-15(18-11-13)23-8-4-7-22(2)9-10-23/h5-6,11H,3-4,7-10,12H2,1-2H3,(H,19,24). The maximum absolute atomic E-state index is 12.2. The van der Waals surface area contributed by atoms with Gasteiger partial charge in [-0.2, -0.15) is 0 Å². The first-order valence-corrected chi connectivity index (χ1v) is 9.42. The number of aromatic nitrogens is 3. The van der Waals surface area contributed by atoms with Gasteiger partial charge in [-0.15, -0.1) is 5.10 Å². The fourth-order valence-electron chi connectivity index (χ4n) is 2.86. The Bertz CT molecular complexity index is 701. The molecule has 2 aromatic heterocycles. The van der Waals surface area contributed by atoms with Crippen LogP contribution in [0.3, 0.4) is 0 Å². The molecule has 0 aromatic carbocycles. The summed E-state index contributed by atoms with van der Waals surface area (Å²) in [7, 11) is 2.16. The average Bonchev–Trinajstić information content (AvgIpc) is 3.02. The maximum atomic E-state index is 12.2. The van der Waals surface area contributed by atoms with Gasteiger partial charge in [0.15, 0.2) is 0 Å². The second-order valence-electron chi connectivity index (χ2n) is 6.25. The molecule has 0 aliphatic carbocycles. The van der Waals surface area contributed by atoms with Crippen molar-refractivity contribution in [2.45, 2.75) is 26.3 Å². The highest BCUT2D eigenvalue weighted by Crippen LogP contribution is 2.15. The van der Waals surface area contributed by atoms with Gasteiger partial charge >= 0.3 is 0 Å². The lowest BCUT2D eigenvalue weighted by Gasteiger charge is -2.21. The summed E-state index contributed by atoms with van der Waals surface area (Å²) >= 11 is 1.14. The Morgan fingerprint density at radius 2 is 2.16 bits per heavy atom. The molecular formula is C17H24N6OS. The zero-order valence-electron chi connectivity index (χ0n) is 14.7. The predicted molar refractivity (Wildman–Crippen MR) is 99.0 cm³/mol. The summed E-state index contributed by atoms with van der Waals surface area (Å²) in [5, 5.41) is 6.90. The summed E-state index contributed by atoms with van der Waals surface area (Å²) in [6.07, 6.45) is 3.70. The maximum Gasteiger partial charge on any atom is 0.265 e. The molecule has 2 aromatic rings. The van der Waals surface area contributed by atoms with Crippen molar-refractivity contribution in [3.8, 4) is 0 Å². The van der Waals surface area contributed by atoms with Gasteiger partial charge in [-0.1, -0.05) is 17.5 Å². The Morgan fingerprint density at radius 3 is 2.92 bits per heavy atom. The van der Waals surface area contributed by atoms with E-state index in [0.29, 0.717) is 17.8 Å². The number of nitrogens with zero attached hydrogens (tertiary/aromatic N) is 5. The third-order valence-electron chi connectivity index (χ3n) is 4.40. The molecule has 1 amide bonds. The van der Waals surface area contributed by atoms with E-state index < -0.39 is 0 Å². The second-order valence-corrected chi connectivity index (χ2v) is 7.01. The zero-order valence-corrected chi connectivity index (χ0v) is 15.6. The molecule has 0 spiro atoms. The quantitative estimate of drug-likeness (QED) is 0.872. The zero-order chi connectivity index (χ0) is 17.6. The Balaban J connectivity index is 1.56. The second kappa shape index (κ2) is 8.35. The molecule has 0 saturated carbocycles. The summed E-state index contributed by atoms with van der Waals surface area (Å²) in [4.78, 5) is 22.1. The van der Waals surface area contributed by atoms with Gasteiger partial charge in [0, 0.05) is 32.4 Å². The number of aryl methyl sites for hydroxylation is 1. The number of amides is 1. The van der Waals surface area contributed by atoms with Crippen molar-refractivity contribution in [1.29, 1.82) is 0 Å². The lowest BCUT2D eigenvalue weighted by molar-refractivity contribution is 0.0954. The van der Waals surface area contributed by atoms with Crippen LogP contribution < -0.4 is 10.2 Å². The molecule has 1 fully saturated rings. The minimum Gasteiger partial charge on any atom is -0.355 e. The van der Waals surface area contributed by atoms with Crippen LogP contribution in [0.15, 0.2) is 18.3 Å². The third-order valence-corrected chi connectivity index (χ3v) is 5.17. The highest BCUT2D eigenvalue weighted by Gasteiger charge is 2.15. The molecule has 0 radical (unpaired) electrons. The molecule has 3 rings (SSSR count). The Labute approximate surface area is 152 Å². The molecule has 25 heavy (non-hydrogen) atoms. The number of hydrogen-bond donors (Lipinski definition) is 1. The van der Waals surface area contributed by atoms with Crippen LogP contribution in [0.1, 0.15) is 34.3 Å². The first-order valence-electron chi connectivity index (χ1n) is 8.65. The number of carbonyl (C=O) groups is 1. The lowest BCUT2D eigenvalue weighted by atomic mass is 10.2. The average molecular weight is 360 g/mol. The Hall–Kier alpha value is -2.06. The smallest absolute Gasteiger partial charge is 0.265 e. The molecule has 7 nitrogen and oxygen atoms in total. The van der Waals surface area contributed by atoms with Gasteiger partial charge in [-0.05, 0) is 49.6 Å². The van der Waals surface area contributed by atoms with E-state index in [9.17, 15) is 4.79 Å². The van der Waals surface area contributed by atoms with Crippen LogP contribution in [0.4, 0.5) is 5.82 Å². The molecular weight excluding hydrogens is 336 g/mol. The molecule has 3 heterocycles. The molecule has 1 saturated heterocycles. The van der Waals surface area contributed by atoms with E-state index in [0.717, 1.165) is 61.2 Å². The number of nitrogens with one attached hydrogen (secondary N) is 1. The SMILES string of the molecule is CCc1nnsc1C(=O)NCc1ccc(N2CCCN(C)CC2)nc1. The molecule has 0 unspecified atom stereocenters. The van der Waals surface area contributed by atoms with Gasteiger partial charge in [0.2, 0.25) is 0 Å². The number of likely N-dealkylation sites (N-methyl/N-ethyl adjacent to an activating group) is 1. The number of pyridine rings is 1. The molecule has 1 aliphatic heterocycles. The van der Waals surface area contributed by atoms with E-state index >= 15 is 0 Å². The van der Waals surface area contributed by atoms with Crippen molar-refractivity contribution in [2.75, 3.05) is 38.1 Å². The van der Waals surface area contributed by atoms with Crippen molar-refractivity contribution in [3.63, 3.8) is 0 Å². The highest BCUT2D eigenvalue weighted by molar-refractivity contribution is 7.08. The van der Waals surface area contributed by atoms with E-state index in [1.165, 1.54) is 0 Å². The molecule has 1 N–H and O–H groups in total. The summed E-state index contributed by atoms with van der Waals surface area (Å²) in [5.74, 6) is 0.886. The van der Waals surface area contributed by atoms with Crippen molar-refractivity contribution >= 4 is 23.3 Å². The normalized spacial score (nSPS) is 15.8. The largest absolute Gasteiger partial charge is 0.355 e. The van der Waals surface area contributed by atoms with E-state index in [4.69, 9.17) is 0 Å². The van der Waals surface area contributed by atoms with E-state index in [-0.39, 0.29) is 5.91 Å². The van der Waals surface area contributed by atoms with E-state index in [1.807, 2.05) is 25.3 Å².